The molecule has 0 heterocycles. The van der Waals surface area contributed by atoms with Crippen LogP contribution in [0, 0.1) is 0 Å². The topological polar surface area (TPSA) is 0 Å². The van der Waals surface area contributed by atoms with Crippen LogP contribution in [0.2, 0.25) is 0 Å². The maximum atomic E-state index is 2.70. The SMILES string of the molecule is CCCCP.[Cu+2]. The van der Waals surface area contributed by atoms with Gasteiger partial charge in [-0.1, -0.05) is 19.8 Å². The second kappa shape index (κ2) is 9.34. The molecule has 0 aliphatic carbocycles. The zero-order chi connectivity index (χ0) is 4.12. The van der Waals surface area contributed by atoms with Crippen LogP contribution >= 0.6 is 9.24 Å². The van der Waals surface area contributed by atoms with Crippen molar-refractivity contribution in [1.82, 2.24) is 0 Å². The van der Waals surface area contributed by atoms with E-state index in [0.717, 1.165) is 0 Å². The van der Waals surface area contributed by atoms with Crippen LogP contribution < -0.4 is 0 Å². The molecule has 0 amide bonds. The zero-order valence-corrected chi connectivity index (χ0v) is 6.10. The molecule has 0 N–H and O–H groups in total. The molecule has 0 aromatic carbocycles. The first kappa shape index (κ1) is 10.0. The van der Waals surface area contributed by atoms with Crippen molar-refractivity contribution < 1.29 is 17.1 Å². The van der Waals surface area contributed by atoms with Crippen LogP contribution in [0.15, 0.2) is 0 Å². The fourth-order valence-corrected chi connectivity index (χ4v) is 0.612. The van der Waals surface area contributed by atoms with E-state index in [2.05, 4.69) is 16.2 Å². The molecule has 0 aromatic heterocycles. The van der Waals surface area contributed by atoms with Crippen LogP contribution in [0.4, 0.5) is 0 Å². The van der Waals surface area contributed by atoms with E-state index < -0.39 is 0 Å². The standard InChI is InChI=1S/C4H11P.Cu/c1-2-3-4-5;/h2-5H2,1H3;/q;+2. The van der Waals surface area contributed by atoms with Crippen LogP contribution in [-0.4, -0.2) is 6.16 Å². The van der Waals surface area contributed by atoms with Crippen molar-refractivity contribution in [3.05, 3.63) is 0 Å². The summed E-state index contributed by atoms with van der Waals surface area (Å²) in [6, 6.07) is 0. The molecule has 6 heavy (non-hydrogen) atoms. The third-order valence-electron chi connectivity index (χ3n) is 0.558. The van der Waals surface area contributed by atoms with Gasteiger partial charge in [0.15, 0.2) is 0 Å². The first-order valence-corrected chi connectivity index (χ1v) is 2.93. The van der Waals surface area contributed by atoms with Gasteiger partial charge in [0, 0.05) is 0 Å². The second-order valence-electron chi connectivity index (χ2n) is 1.14. The predicted molar refractivity (Wildman–Crippen MR) is 29.5 cm³/mol. The van der Waals surface area contributed by atoms with E-state index in [4.69, 9.17) is 0 Å². The van der Waals surface area contributed by atoms with Gasteiger partial charge in [-0.25, -0.2) is 0 Å². The Hall–Kier alpha value is 0.949. The molecule has 2 heteroatoms. The molecule has 0 rings (SSSR count). The van der Waals surface area contributed by atoms with Gasteiger partial charge in [0.25, 0.3) is 0 Å². The van der Waals surface area contributed by atoms with Crippen molar-refractivity contribution >= 4 is 9.24 Å². The van der Waals surface area contributed by atoms with Crippen LogP contribution in [-0.2, 0) is 17.1 Å². The summed E-state index contributed by atoms with van der Waals surface area (Å²) in [4.78, 5) is 0. The van der Waals surface area contributed by atoms with Gasteiger partial charge in [0.2, 0.25) is 0 Å². The van der Waals surface area contributed by atoms with E-state index in [9.17, 15) is 0 Å². The first-order chi connectivity index (χ1) is 2.41. The van der Waals surface area contributed by atoms with Gasteiger partial charge in [-0.15, -0.1) is 9.24 Å². The Labute approximate surface area is 52.8 Å². The Morgan fingerprint density at radius 1 is 1.50 bits per heavy atom. The van der Waals surface area contributed by atoms with Gasteiger partial charge in [0.1, 0.15) is 0 Å². The van der Waals surface area contributed by atoms with Gasteiger partial charge in [-0.3, -0.25) is 0 Å². The van der Waals surface area contributed by atoms with Crippen molar-refractivity contribution in [2.75, 3.05) is 6.16 Å². The van der Waals surface area contributed by atoms with Crippen molar-refractivity contribution in [3.63, 3.8) is 0 Å². The molecule has 0 aliphatic rings. The van der Waals surface area contributed by atoms with E-state index in [1.807, 2.05) is 0 Å². The summed E-state index contributed by atoms with van der Waals surface area (Å²) in [6.07, 6.45) is 3.94. The summed E-state index contributed by atoms with van der Waals surface area (Å²) in [5, 5.41) is 0. The summed E-state index contributed by atoms with van der Waals surface area (Å²) in [5.41, 5.74) is 0. The van der Waals surface area contributed by atoms with E-state index >= 15 is 0 Å². The van der Waals surface area contributed by atoms with E-state index in [0.29, 0.717) is 0 Å². The number of hydrogen-bond donors (Lipinski definition) is 0. The maximum Gasteiger partial charge on any atom is 2.00 e. The Kier molecular flexibility index (Phi) is 15.6. The summed E-state index contributed by atoms with van der Waals surface area (Å²) < 4.78 is 0. The summed E-state index contributed by atoms with van der Waals surface area (Å²) in [6.45, 7) is 2.20. The summed E-state index contributed by atoms with van der Waals surface area (Å²) >= 11 is 0. The molecule has 0 saturated heterocycles. The minimum Gasteiger partial charge on any atom is -0.138 e. The fraction of sp³-hybridized carbons (Fsp3) is 1.00. The Morgan fingerprint density at radius 2 is 2.00 bits per heavy atom. The van der Waals surface area contributed by atoms with E-state index in [1.54, 1.807) is 0 Å². The number of unbranched alkanes of at least 4 members (excludes halogenated alkanes) is 1. The quantitative estimate of drug-likeness (QED) is 0.418. The van der Waals surface area contributed by atoms with Gasteiger partial charge >= 0.3 is 17.1 Å². The Morgan fingerprint density at radius 3 is 2.00 bits per heavy atom. The number of rotatable bonds is 2. The first-order valence-electron chi connectivity index (χ1n) is 2.12. The monoisotopic (exact) mass is 153 g/mol. The average Bonchev–Trinajstić information content (AvgIpc) is 1.41. The molecule has 0 nitrogen and oxygen atoms in total. The number of hydrogen-bond acceptors (Lipinski definition) is 0. The predicted octanol–water partition coefficient (Wildman–Crippen LogP) is 1.66. The molecule has 0 spiro atoms. The molecule has 0 bridgehead atoms. The van der Waals surface area contributed by atoms with Gasteiger partial charge in [-0.05, 0) is 6.16 Å². The second-order valence-corrected chi connectivity index (χ2v) is 1.72. The molecule has 0 aliphatic heterocycles. The minimum atomic E-state index is 0. The Bertz CT molecular complexity index is 15.0. The third kappa shape index (κ3) is 8.87. The third-order valence-corrected chi connectivity index (χ3v) is 0.966. The van der Waals surface area contributed by atoms with Gasteiger partial charge in [-0.2, -0.15) is 0 Å². The van der Waals surface area contributed by atoms with Crippen LogP contribution in [0.3, 0.4) is 0 Å². The van der Waals surface area contributed by atoms with Crippen molar-refractivity contribution in [2.24, 2.45) is 0 Å². The molecule has 1 atom stereocenters. The van der Waals surface area contributed by atoms with Gasteiger partial charge in [0.05, 0.1) is 0 Å². The molecule has 1 radical (unpaired) electrons. The smallest absolute Gasteiger partial charge is 0.138 e. The molecule has 1 unspecified atom stereocenters. The van der Waals surface area contributed by atoms with Crippen molar-refractivity contribution in [3.8, 4) is 0 Å². The average molecular weight is 154 g/mol. The summed E-state index contributed by atoms with van der Waals surface area (Å²) in [5.74, 6) is 0. The molecular weight excluding hydrogens is 143 g/mol. The van der Waals surface area contributed by atoms with E-state index in [1.165, 1.54) is 19.0 Å². The van der Waals surface area contributed by atoms with E-state index in [-0.39, 0.29) is 17.1 Å². The molecule has 0 saturated carbocycles. The van der Waals surface area contributed by atoms with Crippen molar-refractivity contribution in [1.29, 1.82) is 0 Å². The van der Waals surface area contributed by atoms with Crippen LogP contribution in [0.1, 0.15) is 19.8 Å². The van der Waals surface area contributed by atoms with Crippen LogP contribution in [0.25, 0.3) is 0 Å². The maximum absolute atomic E-state index is 2.70. The van der Waals surface area contributed by atoms with Crippen molar-refractivity contribution in [2.45, 2.75) is 19.8 Å². The summed E-state index contributed by atoms with van der Waals surface area (Å²) in [7, 11) is 2.70. The largest absolute Gasteiger partial charge is 2.00 e. The van der Waals surface area contributed by atoms with Gasteiger partial charge < -0.3 is 0 Å². The zero-order valence-electron chi connectivity index (χ0n) is 4.00. The molecule has 41 valence electrons. The minimum absolute atomic E-state index is 0. The fourth-order valence-electron chi connectivity index (χ4n) is 0.204. The molecule has 0 aromatic rings. The van der Waals surface area contributed by atoms with Crippen LogP contribution in [0.5, 0.6) is 0 Å². The molecule has 0 fully saturated rings. The normalized spacial score (nSPS) is 7.00. The Balaban J connectivity index is 0. The molecular formula is C4H11CuP+2.